The maximum atomic E-state index is 15.2. The van der Waals surface area contributed by atoms with Crippen LogP contribution in [-0.2, 0) is 12.8 Å². The largest absolute Gasteiger partial charge is 0.490 e. The van der Waals surface area contributed by atoms with Gasteiger partial charge in [0.05, 0.1) is 0 Å². The highest BCUT2D eigenvalue weighted by Gasteiger charge is 2.21. The summed E-state index contributed by atoms with van der Waals surface area (Å²) in [6.07, 6.45) is 15.2. The van der Waals surface area contributed by atoms with Crippen molar-refractivity contribution in [1.29, 1.82) is 0 Å². The Kier molecular flexibility index (Phi) is 8.57. The number of rotatable bonds is 10. The molecule has 3 aromatic rings. The Morgan fingerprint density at radius 1 is 0.971 bits per heavy atom. The number of halogens is 1. The molecule has 0 radical (unpaired) electrons. The second kappa shape index (κ2) is 12.0. The maximum Gasteiger partial charge on any atom is 0.134 e. The summed E-state index contributed by atoms with van der Waals surface area (Å²) in [7, 11) is 0. The molecule has 0 atom stereocenters. The lowest BCUT2D eigenvalue weighted by molar-refractivity contribution is 0.312. The third-order valence-corrected chi connectivity index (χ3v) is 7.35. The highest BCUT2D eigenvalue weighted by molar-refractivity contribution is 5.85. The topological polar surface area (TPSA) is 9.23 Å². The lowest BCUT2D eigenvalue weighted by atomic mass is 9.77. The molecule has 0 unspecified atom stereocenters. The van der Waals surface area contributed by atoms with Crippen LogP contribution in [-0.4, -0.2) is 6.61 Å². The number of fused-ring (bicyclic) bond motifs is 1. The molecule has 1 fully saturated rings. The van der Waals surface area contributed by atoms with E-state index < -0.39 is 0 Å². The van der Waals surface area contributed by atoms with Crippen molar-refractivity contribution < 1.29 is 9.13 Å². The minimum atomic E-state index is -0.109. The second-order valence-electron chi connectivity index (χ2n) is 9.63. The van der Waals surface area contributed by atoms with Crippen LogP contribution in [0.3, 0.4) is 0 Å². The maximum absolute atomic E-state index is 15.2. The minimum absolute atomic E-state index is 0.109. The van der Waals surface area contributed by atoms with Crippen LogP contribution in [0.2, 0.25) is 0 Å². The Balaban J connectivity index is 1.34. The number of hydrogen-bond donors (Lipinski definition) is 0. The van der Waals surface area contributed by atoms with E-state index in [1.807, 2.05) is 55.5 Å². The predicted octanol–water partition coefficient (Wildman–Crippen LogP) is 8.96. The van der Waals surface area contributed by atoms with Crippen molar-refractivity contribution in [1.82, 2.24) is 0 Å². The number of ether oxygens (including phenoxy) is 1. The van der Waals surface area contributed by atoms with Gasteiger partial charge in [0.2, 0.25) is 0 Å². The van der Waals surface area contributed by atoms with Crippen molar-refractivity contribution in [2.24, 2.45) is 5.92 Å². The fourth-order valence-electron chi connectivity index (χ4n) is 5.21. The monoisotopic (exact) mass is 456 g/mol. The Morgan fingerprint density at radius 3 is 2.50 bits per heavy atom. The smallest absolute Gasteiger partial charge is 0.134 e. The number of aryl methyl sites for hydroxylation is 2. The first-order valence-corrected chi connectivity index (χ1v) is 12.8. The van der Waals surface area contributed by atoms with E-state index in [-0.39, 0.29) is 5.82 Å². The molecule has 2 heteroatoms. The molecule has 34 heavy (non-hydrogen) atoms. The summed E-state index contributed by atoms with van der Waals surface area (Å²) in [5.74, 6) is 2.23. The van der Waals surface area contributed by atoms with E-state index in [2.05, 4.69) is 30.8 Å². The van der Waals surface area contributed by atoms with Gasteiger partial charge < -0.3 is 4.74 Å². The molecular formula is C32H37FO. The molecule has 1 saturated carbocycles. The van der Waals surface area contributed by atoms with Crippen LogP contribution < -0.4 is 4.74 Å². The molecule has 0 aliphatic heterocycles. The van der Waals surface area contributed by atoms with E-state index in [1.165, 1.54) is 43.2 Å². The van der Waals surface area contributed by atoms with Crippen LogP contribution in [0.5, 0.6) is 5.75 Å². The molecule has 1 nitrogen and oxygen atoms in total. The molecule has 3 aromatic carbocycles. The second-order valence-corrected chi connectivity index (χ2v) is 9.63. The molecule has 0 spiro atoms. The fourth-order valence-corrected chi connectivity index (χ4v) is 5.21. The van der Waals surface area contributed by atoms with Gasteiger partial charge >= 0.3 is 0 Å². The molecule has 1 aliphatic rings. The van der Waals surface area contributed by atoms with Crippen LogP contribution in [0.25, 0.3) is 10.8 Å². The number of allylic oxidation sites excluding steroid dienone is 2. The average Bonchev–Trinajstić information content (AvgIpc) is 2.88. The number of benzene rings is 3. The Labute approximate surface area is 204 Å². The van der Waals surface area contributed by atoms with Gasteiger partial charge in [-0.1, -0.05) is 54.6 Å². The zero-order valence-corrected chi connectivity index (χ0v) is 20.4. The lowest BCUT2D eigenvalue weighted by Crippen LogP contribution is -2.13. The van der Waals surface area contributed by atoms with Gasteiger partial charge in [0.15, 0.2) is 0 Å². The highest BCUT2D eigenvalue weighted by atomic mass is 19.1. The molecule has 0 N–H and O–H groups in total. The summed E-state index contributed by atoms with van der Waals surface area (Å²) in [6, 6.07) is 18.6. The summed E-state index contributed by atoms with van der Waals surface area (Å²) in [5, 5.41) is 1.54. The third kappa shape index (κ3) is 6.17. The first kappa shape index (κ1) is 24.3. The van der Waals surface area contributed by atoms with Crippen molar-refractivity contribution in [2.75, 3.05) is 6.61 Å². The summed E-state index contributed by atoms with van der Waals surface area (Å²) < 4.78 is 20.9. The normalized spacial score (nSPS) is 18.4. The molecule has 178 valence electrons. The van der Waals surface area contributed by atoms with Gasteiger partial charge in [-0.3, -0.25) is 0 Å². The van der Waals surface area contributed by atoms with Crippen LogP contribution in [0, 0.1) is 11.7 Å². The van der Waals surface area contributed by atoms with Crippen LogP contribution >= 0.6 is 0 Å². The van der Waals surface area contributed by atoms with Gasteiger partial charge in [0.1, 0.15) is 18.2 Å². The quantitative estimate of drug-likeness (QED) is 0.277. The first-order valence-electron chi connectivity index (χ1n) is 12.8. The van der Waals surface area contributed by atoms with Crippen LogP contribution in [0.15, 0.2) is 79.4 Å². The van der Waals surface area contributed by atoms with Gasteiger partial charge in [-0.25, -0.2) is 4.39 Å². The number of hydrogen-bond acceptors (Lipinski definition) is 1. The minimum Gasteiger partial charge on any atom is -0.490 e. The van der Waals surface area contributed by atoms with Gasteiger partial charge in [-0.05, 0) is 110 Å². The van der Waals surface area contributed by atoms with E-state index in [4.69, 9.17) is 4.74 Å². The molecule has 4 rings (SSSR count). The highest BCUT2D eigenvalue weighted by Crippen LogP contribution is 2.37. The Bertz CT molecular complexity index is 1100. The van der Waals surface area contributed by atoms with Crippen LogP contribution in [0.1, 0.15) is 68.1 Å². The molecule has 0 heterocycles. The molecule has 0 aromatic heterocycles. The van der Waals surface area contributed by atoms with E-state index in [0.29, 0.717) is 24.3 Å². The SMILES string of the molecule is C=CCCC1CCC(c2ccc(CCc3ccc4cc(OCC=CC)ccc4c3F)cc2)CC1. The van der Waals surface area contributed by atoms with E-state index in [0.717, 1.165) is 35.5 Å². The standard InChI is InChI=1S/C32H37FO/c1-3-5-7-24-8-13-26(14-9-24)27-15-10-25(11-16-27)12-17-28-18-19-29-23-30(34-22-6-4-2)20-21-31(29)32(28)33/h3-4,6,10-11,15-16,18-21,23-24,26H,1,5,7-9,12-14,17,22H2,2H3. The average molecular weight is 457 g/mol. The Hall–Kier alpha value is -2.87. The third-order valence-electron chi connectivity index (χ3n) is 7.35. The molecule has 1 aliphatic carbocycles. The van der Waals surface area contributed by atoms with E-state index >= 15 is 4.39 Å². The molecule has 0 saturated heterocycles. The van der Waals surface area contributed by atoms with Crippen LogP contribution in [0.4, 0.5) is 4.39 Å². The Morgan fingerprint density at radius 2 is 1.76 bits per heavy atom. The van der Waals surface area contributed by atoms with Crippen molar-refractivity contribution in [3.8, 4) is 5.75 Å². The van der Waals surface area contributed by atoms with Crippen molar-refractivity contribution in [3.05, 3.63) is 102 Å². The summed E-state index contributed by atoms with van der Waals surface area (Å²) in [6.45, 7) is 6.35. The molecule has 0 amide bonds. The van der Waals surface area contributed by atoms with Crippen molar-refractivity contribution in [2.45, 2.75) is 64.2 Å². The van der Waals surface area contributed by atoms with Crippen molar-refractivity contribution >= 4 is 10.8 Å². The van der Waals surface area contributed by atoms with E-state index in [9.17, 15) is 0 Å². The predicted molar refractivity (Wildman–Crippen MR) is 142 cm³/mol. The van der Waals surface area contributed by atoms with Gasteiger partial charge in [0, 0.05) is 5.39 Å². The molecular weight excluding hydrogens is 419 g/mol. The summed E-state index contributed by atoms with van der Waals surface area (Å²) in [5.41, 5.74) is 3.52. The molecule has 0 bridgehead atoms. The van der Waals surface area contributed by atoms with Gasteiger partial charge in [0.25, 0.3) is 0 Å². The summed E-state index contributed by atoms with van der Waals surface area (Å²) in [4.78, 5) is 0. The van der Waals surface area contributed by atoms with Gasteiger partial charge in [-0.15, -0.1) is 6.58 Å². The first-order chi connectivity index (χ1) is 16.7. The zero-order valence-electron chi connectivity index (χ0n) is 20.4. The van der Waals surface area contributed by atoms with E-state index in [1.54, 1.807) is 0 Å². The van der Waals surface area contributed by atoms with Gasteiger partial charge in [-0.2, -0.15) is 0 Å². The summed E-state index contributed by atoms with van der Waals surface area (Å²) >= 11 is 0. The fraction of sp³-hybridized carbons (Fsp3) is 0.375. The lowest BCUT2D eigenvalue weighted by Gasteiger charge is -2.28. The van der Waals surface area contributed by atoms with Crippen molar-refractivity contribution in [3.63, 3.8) is 0 Å². The zero-order chi connectivity index (χ0) is 23.8.